The molecule has 144 valence electrons. The van der Waals surface area contributed by atoms with Gasteiger partial charge in [0, 0.05) is 13.1 Å². The van der Waals surface area contributed by atoms with E-state index in [2.05, 4.69) is 9.88 Å². The maximum atomic E-state index is 12.5. The Hall–Kier alpha value is -2.59. The van der Waals surface area contributed by atoms with Crippen LogP contribution in [0.5, 0.6) is 11.5 Å². The van der Waals surface area contributed by atoms with Crippen molar-refractivity contribution in [2.45, 2.75) is 31.7 Å². The lowest BCUT2D eigenvalue weighted by atomic mass is 9.99. The number of rotatable bonds is 4. The third-order valence-corrected chi connectivity index (χ3v) is 6.35. The van der Waals surface area contributed by atoms with Gasteiger partial charge in [-0.25, -0.2) is 13.1 Å². The van der Waals surface area contributed by atoms with E-state index in [0.717, 1.165) is 16.9 Å². The van der Waals surface area contributed by atoms with Crippen LogP contribution in [0.2, 0.25) is 0 Å². The first-order valence-corrected chi connectivity index (χ1v) is 9.95. The predicted molar refractivity (Wildman–Crippen MR) is 92.9 cm³/mol. The minimum atomic E-state index is -3.87. The monoisotopic (exact) mass is 393 g/mol. The molecule has 0 fully saturated rings. The first kappa shape index (κ1) is 17.8. The molecule has 0 saturated carbocycles. The molecule has 0 saturated heterocycles. The highest BCUT2D eigenvalue weighted by molar-refractivity contribution is 7.89. The number of hydrogen-bond acceptors (Lipinski definition) is 7. The van der Waals surface area contributed by atoms with Crippen molar-refractivity contribution < 1.29 is 27.2 Å². The second kappa shape index (κ2) is 6.54. The molecule has 0 atom stereocenters. The lowest BCUT2D eigenvalue weighted by Gasteiger charge is -2.29. The number of nitrogens with one attached hydrogen (secondary N) is 1. The molecule has 0 aliphatic carbocycles. The maximum absolute atomic E-state index is 12.5. The number of amides is 1. The summed E-state index contributed by atoms with van der Waals surface area (Å²) in [4.78, 5) is 14.1. The first-order chi connectivity index (χ1) is 12.8. The van der Waals surface area contributed by atoms with Gasteiger partial charge in [-0.3, -0.25) is 4.79 Å². The quantitative estimate of drug-likeness (QED) is 0.821. The Labute approximate surface area is 156 Å². The lowest BCUT2D eigenvalue weighted by molar-refractivity contribution is -0.130. The van der Waals surface area contributed by atoms with E-state index in [1.807, 2.05) is 12.1 Å². The van der Waals surface area contributed by atoms with Crippen LogP contribution in [-0.2, 0) is 27.8 Å². The summed E-state index contributed by atoms with van der Waals surface area (Å²) in [5.74, 6) is 1.28. The molecule has 1 amide bonds. The second-order valence-corrected chi connectivity index (χ2v) is 8.22. The average Bonchev–Trinajstić information content (AvgIpc) is 3.23. The SMILES string of the molecule is Cc1noc(C)c1S(=O)(=O)NCC(=O)N1CCc2cc3c(cc2C1)OCO3. The minimum Gasteiger partial charge on any atom is -0.454 e. The van der Waals surface area contributed by atoms with Gasteiger partial charge in [0.05, 0.1) is 6.54 Å². The van der Waals surface area contributed by atoms with Crippen molar-refractivity contribution in [3.05, 3.63) is 34.7 Å². The van der Waals surface area contributed by atoms with E-state index in [-0.39, 0.29) is 35.6 Å². The van der Waals surface area contributed by atoms with Gasteiger partial charge in [-0.2, -0.15) is 0 Å². The Kier molecular flexibility index (Phi) is 4.31. The van der Waals surface area contributed by atoms with Crippen molar-refractivity contribution in [1.29, 1.82) is 0 Å². The first-order valence-electron chi connectivity index (χ1n) is 8.47. The average molecular weight is 393 g/mol. The van der Waals surface area contributed by atoms with Gasteiger partial charge in [-0.15, -0.1) is 0 Å². The van der Waals surface area contributed by atoms with Crippen LogP contribution in [-0.4, -0.2) is 44.3 Å². The molecule has 2 aliphatic heterocycles. The van der Waals surface area contributed by atoms with E-state index in [9.17, 15) is 13.2 Å². The smallest absolute Gasteiger partial charge is 0.246 e. The molecule has 1 aromatic carbocycles. The summed E-state index contributed by atoms with van der Waals surface area (Å²) in [6.07, 6.45) is 0.675. The lowest BCUT2D eigenvalue weighted by Crippen LogP contribution is -2.42. The van der Waals surface area contributed by atoms with Crippen molar-refractivity contribution in [3.8, 4) is 11.5 Å². The fourth-order valence-electron chi connectivity index (χ4n) is 3.36. The van der Waals surface area contributed by atoms with Crippen LogP contribution in [0.1, 0.15) is 22.6 Å². The van der Waals surface area contributed by atoms with Crippen LogP contribution < -0.4 is 14.2 Å². The number of carbonyl (C=O) groups is 1. The molecule has 9 nitrogen and oxygen atoms in total. The largest absolute Gasteiger partial charge is 0.454 e. The van der Waals surface area contributed by atoms with Crippen molar-refractivity contribution in [3.63, 3.8) is 0 Å². The fourth-order valence-corrected chi connectivity index (χ4v) is 4.66. The Bertz CT molecular complexity index is 994. The molecule has 1 N–H and O–H groups in total. The summed E-state index contributed by atoms with van der Waals surface area (Å²) in [7, 11) is -3.87. The van der Waals surface area contributed by atoms with Crippen LogP contribution in [0.3, 0.4) is 0 Å². The maximum Gasteiger partial charge on any atom is 0.246 e. The zero-order chi connectivity index (χ0) is 19.2. The molecular weight excluding hydrogens is 374 g/mol. The number of nitrogens with zero attached hydrogens (tertiary/aromatic N) is 2. The topological polar surface area (TPSA) is 111 Å². The van der Waals surface area contributed by atoms with Gasteiger partial charge in [-0.05, 0) is 43.5 Å². The van der Waals surface area contributed by atoms with Crippen molar-refractivity contribution in [2.75, 3.05) is 19.9 Å². The molecule has 0 bridgehead atoms. The highest BCUT2D eigenvalue weighted by Gasteiger charge is 2.28. The Morgan fingerprint density at radius 1 is 1.22 bits per heavy atom. The zero-order valence-corrected chi connectivity index (χ0v) is 15.8. The summed E-state index contributed by atoms with van der Waals surface area (Å²) in [6, 6.07) is 3.82. The van der Waals surface area contributed by atoms with Crippen molar-refractivity contribution >= 4 is 15.9 Å². The number of carbonyl (C=O) groups excluding carboxylic acids is 1. The zero-order valence-electron chi connectivity index (χ0n) is 14.9. The molecule has 27 heavy (non-hydrogen) atoms. The minimum absolute atomic E-state index is 0.0213. The number of aryl methyl sites for hydroxylation is 2. The normalized spacial score (nSPS) is 15.7. The van der Waals surface area contributed by atoms with Gasteiger partial charge in [0.2, 0.25) is 22.7 Å². The standard InChI is InChI=1S/C17H19N3O6S/c1-10-17(11(2)26-19-10)27(22,23)18-7-16(21)20-4-3-12-5-14-15(25-9-24-14)6-13(12)8-20/h5-6,18H,3-4,7-9H2,1-2H3. The van der Waals surface area contributed by atoms with Gasteiger partial charge < -0.3 is 18.9 Å². The van der Waals surface area contributed by atoms with E-state index in [4.69, 9.17) is 14.0 Å². The Morgan fingerprint density at radius 2 is 1.93 bits per heavy atom. The Balaban J connectivity index is 1.44. The van der Waals surface area contributed by atoms with Crippen LogP contribution in [0, 0.1) is 13.8 Å². The van der Waals surface area contributed by atoms with E-state index in [1.54, 1.807) is 11.8 Å². The predicted octanol–water partition coefficient (Wildman–Crippen LogP) is 0.883. The summed E-state index contributed by atoms with van der Waals surface area (Å²) in [6.45, 7) is 3.84. The molecule has 3 heterocycles. The third-order valence-electron chi connectivity index (χ3n) is 4.71. The molecule has 0 radical (unpaired) electrons. The van der Waals surface area contributed by atoms with Gasteiger partial charge in [0.1, 0.15) is 10.6 Å². The van der Waals surface area contributed by atoms with Gasteiger partial charge in [-0.1, -0.05) is 5.16 Å². The third kappa shape index (κ3) is 3.26. The summed E-state index contributed by atoms with van der Waals surface area (Å²) < 4.78 is 42.9. The highest BCUT2D eigenvalue weighted by Crippen LogP contribution is 2.36. The molecule has 0 spiro atoms. The van der Waals surface area contributed by atoms with Crippen LogP contribution in [0.15, 0.2) is 21.6 Å². The number of ether oxygens (including phenoxy) is 2. The van der Waals surface area contributed by atoms with Crippen LogP contribution >= 0.6 is 0 Å². The van der Waals surface area contributed by atoms with Gasteiger partial charge in [0.25, 0.3) is 0 Å². The van der Waals surface area contributed by atoms with Gasteiger partial charge >= 0.3 is 0 Å². The number of sulfonamides is 1. The van der Waals surface area contributed by atoms with Crippen molar-refractivity contribution in [2.24, 2.45) is 0 Å². The van der Waals surface area contributed by atoms with E-state index >= 15 is 0 Å². The van der Waals surface area contributed by atoms with Crippen LogP contribution in [0.25, 0.3) is 0 Å². The number of hydrogen-bond donors (Lipinski definition) is 1. The second-order valence-electron chi connectivity index (χ2n) is 6.52. The number of fused-ring (bicyclic) bond motifs is 2. The molecule has 4 rings (SSSR count). The number of benzene rings is 1. The molecule has 1 aromatic heterocycles. The summed E-state index contributed by atoms with van der Waals surface area (Å²) in [5, 5.41) is 3.64. The highest BCUT2D eigenvalue weighted by atomic mass is 32.2. The molecule has 10 heteroatoms. The molecule has 2 aliphatic rings. The Morgan fingerprint density at radius 3 is 2.59 bits per heavy atom. The number of aromatic nitrogens is 1. The van der Waals surface area contributed by atoms with E-state index in [1.165, 1.54) is 6.92 Å². The molecular formula is C17H19N3O6S. The molecule has 0 unspecified atom stereocenters. The van der Waals surface area contributed by atoms with Gasteiger partial charge in [0.15, 0.2) is 17.3 Å². The summed E-state index contributed by atoms with van der Waals surface area (Å²) in [5.41, 5.74) is 2.35. The van der Waals surface area contributed by atoms with Crippen molar-refractivity contribution in [1.82, 2.24) is 14.8 Å². The fraction of sp³-hybridized carbons (Fsp3) is 0.412. The van der Waals surface area contributed by atoms with Crippen LogP contribution in [0.4, 0.5) is 0 Å². The molecule has 2 aromatic rings. The summed E-state index contributed by atoms with van der Waals surface area (Å²) >= 11 is 0. The van der Waals surface area contributed by atoms with E-state index in [0.29, 0.717) is 25.3 Å². The van der Waals surface area contributed by atoms with E-state index < -0.39 is 10.0 Å².